The van der Waals surface area contributed by atoms with E-state index in [2.05, 4.69) is 10.2 Å². The fourth-order valence-electron chi connectivity index (χ4n) is 2.58. The van der Waals surface area contributed by atoms with Crippen molar-refractivity contribution in [1.82, 2.24) is 10.2 Å². The number of ether oxygens (including phenoxy) is 2. The molecule has 0 aliphatic carbocycles. The van der Waals surface area contributed by atoms with Crippen LogP contribution in [0.4, 0.5) is 0 Å². The minimum Gasteiger partial charge on any atom is -0.468 e. The second-order valence-electron chi connectivity index (χ2n) is 6.06. The quantitative estimate of drug-likeness (QED) is 0.289. The molecule has 2 aromatic carbocycles. The van der Waals surface area contributed by atoms with Crippen LogP contribution in [0.3, 0.4) is 0 Å². The Morgan fingerprint density at radius 3 is 2.34 bits per heavy atom. The normalized spacial score (nSPS) is 15.9. The number of carbonyl (C=O) groups excluding carboxylic acids is 2. The van der Waals surface area contributed by atoms with Crippen LogP contribution in [0.5, 0.6) is 11.5 Å². The smallest absolute Gasteiger partial charge is 0.324 e. The first-order chi connectivity index (χ1) is 14.0. The highest BCUT2D eigenvalue weighted by Gasteiger charge is 2.22. The molecule has 29 heavy (non-hydrogen) atoms. The summed E-state index contributed by atoms with van der Waals surface area (Å²) in [6, 6.07) is 14.1. The van der Waals surface area contributed by atoms with Gasteiger partial charge in [-0.25, -0.2) is 4.84 Å². The van der Waals surface area contributed by atoms with Gasteiger partial charge in [0.2, 0.25) is 0 Å². The Kier molecular flexibility index (Phi) is 7.27. The van der Waals surface area contributed by atoms with Crippen LogP contribution >= 0.6 is 35.8 Å². The van der Waals surface area contributed by atoms with Crippen molar-refractivity contribution in [3.8, 4) is 11.5 Å². The van der Waals surface area contributed by atoms with E-state index in [-0.39, 0.29) is 5.91 Å². The zero-order chi connectivity index (χ0) is 20.8. The maximum absolute atomic E-state index is 11.7. The molecule has 1 amide bonds. The summed E-state index contributed by atoms with van der Waals surface area (Å²) in [5.41, 5.74) is 1.78. The van der Waals surface area contributed by atoms with Gasteiger partial charge in [-0.2, -0.15) is 0 Å². The molecular weight excluding hydrogens is 432 g/mol. The monoisotopic (exact) mass is 448 g/mol. The first-order valence-electron chi connectivity index (χ1n) is 8.54. The number of amides is 1. The second-order valence-corrected chi connectivity index (χ2v) is 7.99. The van der Waals surface area contributed by atoms with E-state index in [1.807, 2.05) is 48.5 Å². The van der Waals surface area contributed by atoms with Crippen LogP contribution in [0.25, 0.3) is 6.08 Å². The van der Waals surface area contributed by atoms with Crippen LogP contribution in [0.2, 0.25) is 0 Å². The van der Waals surface area contributed by atoms with Gasteiger partial charge < -0.3 is 14.8 Å². The van der Waals surface area contributed by atoms with Gasteiger partial charge in [-0.05, 0) is 59.7 Å². The Balaban J connectivity index is 1.62. The molecule has 1 atom stereocenters. The van der Waals surface area contributed by atoms with Crippen molar-refractivity contribution >= 4 is 58.0 Å². The van der Waals surface area contributed by atoms with Crippen LogP contribution in [-0.2, 0) is 20.7 Å². The van der Waals surface area contributed by atoms with E-state index in [9.17, 15) is 9.59 Å². The Bertz CT molecular complexity index is 946. The number of hydrogen-bond acceptors (Lipinski definition) is 7. The Morgan fingerprint density at radius 2 is 1.83 bits per heavy atom. The Morgan fingerprint density at radius 1 is 1.21 bits per heavy atom. The third-order valence-electron chi connectivity index (χ3n) is 4.04. The third kappa shape index (κ3) is 5.80. The second kappa shape index (κ2) is 9.89. The van der Waals surface area contributed by atoms with E-state index < -0.39 is 12.0 Å². The van der Waals surface area contributed by atoms with Crippen LogP contribution in [0.1, 0.15) is 11.1 Å². The number of esters is 1. The topological polar surface area (TPSA) is 76.7 Å². The summed E-state index contributed by atoms with van der Waals surface area (Å²) in [5.74, 6) is 0.711. The van der Waals surface area contributed by atoms with Crippen molar-refractivity contribution in [2.45, 2.75) is 12.5 Å². The molecule has 6 nitrogen and oxygen atoms in total. The van der Waals surface area contributed by atoms with Crippen LogP contribution in [0, 0.1) is 0 Å². The van der Waals surface area contributed by atoms with Crippen LogP contribution in [0.15, 0.2) is 53.4 Å². The maximum Gasteiger partial charge on any atom is 0.324 e. The molecule has 1 unspecified atom stereocenters. The largest absolute Gasteiger partial charge is 0.468 e. The summed E-state index contributed by atoms with van der Waals surface area (Å²) in [4.78, 5) is 26.3. The molecule has 2 N–H and O–H groups in total. The van der Waals surface area contributed by atoms with Crippen molar-refractivity contribution in [3.63, 3.8) is 0 Å². The Hall–Kier alpha value is -2.39. The minimum atomic E-state index is -0.621. The van der Waals surface area contributed by atoms with Gasteiger partial charge in [0, 0.05) is 0 Å². The van der Waals surface area contributed by atoms with Crippen molar-refractivity contribution in [2.24, 2.45) is 0 Å². The van der Waals surface area contributed by atoms with Crippen LogP contribution in [-0.4, -0.2) is 29.3 Å². The summed E-state index contributed by atoms with van der Waals surface area (Å²) < 4.78 is 11.0. The van der Waals surface area contributed by atoms with E-state index in [1.54, 1.807) is 6.08 Å². The molecule has 1 saturated heterocycles. The summed E-state index contributed by atoms with van der Waals surface area (Å²) in [6.45, 7) is 0. The number of nitrogens with one attached hydrogen (secondary N) is 2. The molecule has 2 aromatic rings. The highest BCUT2D eigenvalue weighted by atomic mass is 35.5. The average Bonchev–Trinajstić information content (AvgIpc) is 3.05. The lowest BCUT2D eigenvalue weighted by atomic mass is 10.1. The van der Waals surface area contributed by atoms with Crippen molar-refractivity contribution in [1.29, 1.82) is 0 Å². The lowest BCUT2D eigenvalue weighted by molar-refractivity contribution is -0.142. The fraction of sp³-hybridized carbons (Fsp3) is 0.150. The molecular formula is C20H17ClN2O4S2. The van der Waals surface area contributed by atoms with Gasteiger partial charge in [-0.15, -0.1) is 0 Å². The van der Waals surface area contributed by atoms with Gasteiger partial charge in [-0.3, -0.25) is 9.59 Å². The summed E-state index contributed by atoms with van der Waals surface area (Å²) in [7, 11) is 1.32. The summed E-state index contributed by atoms with van der Waals surface area (Å²) >= 11 is 11.8. The molecule has 0 bridgehead atoms. The number of rotatable bonds is 7. The maximum atomic E-state index is 11.7. The number of thioether (sulfide) groups is 1. The zero-order valence-electron chi connectivity index (χ0n) is 15.3. The molecule has 9 heteroatoms. The van der Waals surface area contributed by atoms with E-state index in [1.165, 1.54) is 18.9 Å². The van der Waals surface area contributed by atoms with E-state index in [0.29, 0.717) is 27.1 Å². The minimum absolute atomic E-state index is 0.181. The predicted octanol–water partition coefficient (Wildman–Crippen LogP) is 3.80. The standard InChI is InChI=1S/C20H17ClN2O4S2/c1-26-19(25)16(23-21)10-12-2-6-14(7-3-12)27-15-8-4-13(5-9-15)11-17-18(24)22-20(28)29-17/h2-9,11,16,23H,10H2,1H3,(H,22,24,28)/b17-11-. The highest BCUT2D eigenvalue weighted by molar-refractivity contribution is 8.26. The number of thiocarbonyl (C=S) groups is 1. The van der Waals surface area contributed by atoms with Gasteiger partial charge in [0.05, 0.1) is 12.0 Å². The molecule has 0 radical (unpaired) electrons. The number of methoxy groups -OCH3 is 1. The van der Waals surface area contributed by atoms with Crippen molar-refractivity contribution < 1.29 is 19.1 Å². The number of benzene rings is 2. The van der Waals surface area contributed by atoms with Gasteiger partial charge in [0.15, 0.2) is 0 Å². The summed E-state index contributed by atoms with van der Waals surface area (Å²) in [5, 5.41) is 2.59. The van der Waals surface area contributed by atoms with Crippen LogP contribution < -0.4 is 14.9 Å². The van der Waals surface area contributed by atoms with Gasteiger partial charge in [-0.1, -0.05) is 48.2 Å². The highest BCUT2D eigenvalue weighted by Crippen LogP contribution is 2.27. The van der Waals surface area contributed by atoms with Gasteiger partial charge in [0.25, 0.3) is 5.91 Å². The van der Waals surface area contributed by atoms with Crippen molar-refractivity contribution in [3.05, 3.63) is 64.6 Å². The lowest BCUT2D eigenvalue weighted by Gasteiger charge is -2.12. The number of hydrogen-bond donors (Lipinski definition) is 2. The predicted molar refractivity (Wildman–Crippen MR) is 118 cm³/mol. The number of halogens is 1. The first kappa shape index (κ1) is 21.3. The zero-order valence-corrected chi connectivity index (χ0v) is 17.7. The third-order valence-corrected chi connectivity index (χ3v) is 5.46. The molecule has 1 aliphatic heterocycles. The molecule has 1 fully saturated rings. The van der Waals surface area contributed by atoms with Crippen molar-refractivity contribution in [2.75, 3.05) is 7.11 Å². The van der Waals surface area contributed by atoms with Gasteiger partial charge >= 0.3 is 5.97 Å². The molecule has 3 rings (SSSR count). The molecule has 0 saturated carbocycles. The SMILES string of the molecule is COC(=O)C(Cc1ccc(Oc2ccc(/C=C3\SC(=S)NC3=O)cc2)cc1)NCl. The molecule has 1 aliphatic rings. The van der Waals surface area contributed by atoms with E-state index in [0.717, 1.165) is 11.1 Å². The first-order valence-corrected chi connectivity index (χ1v) is 10.1. The van der Waals surface area contributed by atoms with E-state index >= 15 is 0 Å². The van der Waals surface area contributed by atoms with Gasteiger partial charge in [0.1, 0.15) is 21.9 Å². The fourth-order valence-corrected chi connectivity index (χ4v) is 3.79. The lowest BCUT2D eigenvalue weighted by Crippen LogP contribution is -2.33. The average molecular weight is 449 g/mol. The molecule has 0 aromatic heterocycles. The molecule has 1 heterocycles. The molecule has 0 spiro atoms. The number of carbonyl (C=O) groups is 2. The molecule has 150 valence electrons. The Labute approximate surface area is 182 Å². The van der Waals surface area contributed by atoms with E-state index in [4.69, 9.17) is 33.5 Å². The summed E-state index contributed by atoms with van der Waals surface area (Å²) in [6.07, 6.45) is 2.18.